The van der Waals surface area contributed by atoms with Gasteiger partial charge >= 0.3 is 5.90 Å². The van der Waals surface area contributed by atoms with E-state index in [-0.39, 0.29) is 12.5 Å². The van der Waals surface area contributed by atoms with Gasteiger partial charge in [0.15, 0.2) is 17.4 Å². The number of hydrogen-bond donors (Lipinski definition) is 2. The Hall–Kier alpha value is -1.30. The van der Waals surface area contributed by atoms with Gasteiger partial charge < -0.3 is 20.1 Å². The van der Waals surface area contributed by atoms with Crippen molar-refractivity contribution in [2.45, 2.75) is 25.3 Å². The van der Waals surface area contributed by atoms with E-state index < -0.39 is 0 Å². The van der Waals surface area contributed by atoms with Gasteiger partial charge in [-0.1, -0.05) is 0 Å². The number of ether oxygens (including phenoxy) is 1. The topological polar surface area (TPSA) is 47.7 Å². The average Bonchev–Trinajstić information content (AvgIpc) is 2.59. The lowest BCUT2D eigenvalue weighted by Gasteiger charge is -2.45. The molecule has 1 aromatic carbocycles. The molecule has 5 rings (SSSR count). The Morgan fingerprint density at radius 1 is 1.38 bits per heavy atom. The molecule has 0 saturated carbocycles. The zero-order valence-corrected chi connectivity index (χ0v) is 14.9. The van der Waals surface area contributed by atoms with Gasteiger partial charge in [0.05, 0.1) is 6.07 Å². The Morgan fingerprint density at radius 2 is 2.17 bits per heavy atom. The third-order valence-corrected chi connectivity index (χ3v) is 5.91. The van der Waals surface area contributed by atoms with E-state index >= 15 is 0 Å². The first-order valence-electron chi connectivity index (χ1n) is 8.83. The van der Waals surface area contributed by atoms with Crippen molar-refractivity contribution in [3.05, 3.63) is 22.7 Å². The minimum Gasteiger partial charge on any atom is -0.472 e. The summed E-state index contributed by atoms with van der Waals surface area (Å²) in [6.45, 7) is 4.89. The van der Waals surface area contributed by atoms with Crippen molar-refractivity contribution in [2.24, 2.45) is 5.92 Å². The van der Waals surface area contributed by atoms with Gasteiger partial charge in [-0.3, -0.25) is 0 Å². The van der Waals surface area contributed by atoms with Crippen molar-refractivity contribution < 1.29 is 26.0 Å². The Morgan fingerprint density at radius 3 is 2.88 bits per heavy atom. The molecule has 3 fully saturated rings. The fourth-order valence-corrected chi connectivity index (χ4v) is 4.46. The van der Waals surface area contributed by atoms with Crippen LogP contribution in [0.2, 0.25) is 5.02 Å². The Labute approximate surface area is 147 Å². The molecule has 4 aliphatic heterocycles. The van der Waals surface area contributed by atoms with Crippen LogP contribution in [0.1, 0.15) is 18.4 Å². The molecule has 24 heavy (non-hydrogen) atoms. The number of aliphatic hydroxyl groups excluding tert-OH is 1. The molecule has 2 N–H and O–H groups in total. The number of hydrogen-bond acceptors (Lipinski definition) is 3. The van der Waals surface area contributed by atoms with E-state index in [0.717, 1.165) is 40.9 Å². The SMILES string of the molecule is C[N+]1=C(O)COc2c(CCNC3CN4CCC3CC4)cc([ClH+])cc21. The second kappa shape index (κ2) is 6.54. The maximum absolute atomic E-state index is 9.88. The number of nitrogens with one attached hydrogen (secondary N) is 1. The van der Waals surface area contributed by atoms with Crippen LogP contribution in [0.15, 0.2) is 12.1 Å². The lowest BCUT2D eigenvalue weighted by atomic mass is 9.84. The Bertz CT molecular complexity index is 668. The first-order chi connectivity index (χ1) is 11.6. The van der Waals surface area contributed by atoms with Gasteiger partial charge in [0.2, 0.25) is 11.6 Å². The third-order valence-electron chi connectivity index (χ3n) is 5.67. The van der Waals surface area contributed by atoms with Crippen molar-refractivity contribution in [3.63, 3.8) is 0 Å². The number of nitrogens with zero attached hydrogens (tertiary/aromatic N) is 2. The summed E-state index contributed by atoms with van der Waals surface area (Å²) in [6, 6.07) is 4.54. The predicted octanol–water partition coefficient (Wildman–Crippen LogP) is 1.23. The number of halogens is 1. The molecule has 0 spiro atoms. The lowest BCUT2D eigenvalue weighted by Crippen LogP contribution is -2.56. The molecule has 5 nitrogen and oxygen atoms in total. The van der Waals surface area contributed by atoms with Gasteiger partial charge in [-0.25, -0.2) is 0 Å². The van der Waals surface area contributed by atoms with E-state index in [1.807, 2.05) is 19.2 Å². The minimum atomic E-state index is 0.222. The summed E-state index contributed by atoms with van der Waals surface area (Å²) in [4.78, 5) is 2.57. The first-order valence-corrected chi connectivity index (χ1v) is 9.23. The third kappa shape index (κ3) is 3.01. The maximum atomic E-state index is 9.88. The second-order valence-corrected chi connectivity index (χ2v) is 7.61. The number of piperidine rings is 3. The van der Waals surface area contributed by atoms with Crippen molar-refractivity contribution in [1.82, 2.24) is 10.2 Å². The van der Waals surface area contributed by atoms with Crippen LogP contribution in [0.25, 0.3) is 0 Å². The molecular weight excluding hydrogens is 326 g/mol. The van der Waals surface area contributed by atoms with Crippen LogP contribution in [0.3, 0.4) is 0 Å². The molecule has 0 aromatic heterocycles. The summed E-state index contributed by atoms with van der Waals surface area (Å²) >= 11 is 5.40. The van der Waals surface area contributed by atoms with E-state index in [0.29, 0.717) is 6.04 Å². The number of rotatable bonds is 4. The van der Waals surface area contributed by atoms with E-state index in [9.17, 15) is 5.11 Å². The Kier molecular flexibility index (Phi) is 4.41. The van der Waals surface area contributed by atoms with Gasteiger partial charge in [-0.05, 0) is 44.8 Å². The standard InChI is InChI=1S/C18H25ClN3O2/c1-21-16-9-14(19)8-13(18(16)24-11-17(21)23)2-5-20-15-10-22-6-3-12(15)4-7-22/h8-9,12,15,19-20H,2-7,10-11H2,1H3/q+1/p+1. The summed E-state index contributed by atoms with van der Waals surface area (Å²) in [5.41, 5.74) is 2.00. The highest BCUT2D eigenvalue weighted by Gasteiger charge is 2.34. The van der Waals surface area contributed by atoms with Crippen LogP contribution in [-0.4, -0.2) is 66.4 Å². The van der Waals surface area contributed by atoms with Crippen LogP contribution < -0.4 is 10.1 Å². The summed E-state index contributed by atoms with van der Waals surface area (Å²) < 4.78 is 7.54. The molecule has 1 unspecified atom stereocenters. The van der Waals surface area contributed by atoms with Gasteiger partial charge in [0, 0.05) is 24.2 Å². The van der Waals surface area contributed by atoms with E-state index in [4.69, 9.17) is 16.3 Å². The van der Waals surface area contributed by atoms with Crippen molar-refractivity contribution in [1.29, 1.82) is 0 Å². The number of fused-ring (bicyclic) bond motifs is 4. The smallest absolute Gasteiger partial charge is 0.378 e. The molecule has 1 atom stereocenters. The zero-order chi connectivity index (χ0) is 16.7. The molecule has 0 amide bonds. The van der Waals surface area contributed by atoms with E-state index in [2.05, 4.69) is 10.2 Å². The molecule has 0 radical (unpaired) electrons. The fraction of sp³-hybridized carbons (Fsp3) is 0.611. The van der Waals surface area contributed by atoms with Gasteiger partial charge in [0.25, 0.3) is 5.69 Å². The molecule has 0 aliphatic carbocycles. The summed E-state index contributed by atoms with van der Waals surface area (Å²) in [5.74, 6) is 1.92. The predicted molar refractivity (Wildman–Crippen MR) is 90.6 cm³/mol. The maximum Gasteiger partial charge on any atom is 0.378 e. The fourth-order valence-electron chi connectivity index (χ4n) is 4.21. The largest absolute Gasteiger partial charge is 0.472 e. The second-order valence-electron chi connectivity index (χ2n) is 7.14. The first kappa shape index (κ1) is 16.2. The number of aliphatic hydroxyl groups is 1. The molecule has 130 valence electrons. The van der Waals surface area contributed by atoms with Gasteiger partial charge in [-0.2, -0.15) is 4.58 Å². The zero-order valence-electron chi connectivity index (χ0n) is 14.1. The van der Waals surface area contributed by atoms with Crippen LogP contribution >= 0.6 is 0 Å². The van der Waals surface area contributed by atoms with Crippen molar-refractivity contribution in [2.75, 3.05) is 39.8 Å². The highest BCUT2D eigenvalue weighted by molar-refractivity contribution is 5.74. The summed E-state index contributed by atoms with van der Waals surface area (Å²) in [6.07, 6.45) is 3.56. The molecule has 4 aliphatic rings. The quantitative estimate of drug-likeness (QED) is 0.801. The molecular formula is C18H26ClN3O2+2. The van der Waals surface area contributed by atoms with Crippen LogP contribution in [0.4, 0.5) is 5.69 Å². The van der Waals surface area contributed by atoms with Crippen LogP contribution in [0, 0.1) is 17.5 Å². The molecule has 3 saturated heterocycles. The van der Waals surface area contributed by atoms with Crippen LogP contribution in [0.5, 0.6) is 5.75 Å². The summed E-state index contributed by atoms with van der Waals surface area (Å²) in [7, 11) is 1.85. The highest BCUT2D eigenvalue weighted by Crippen LogP contribution is 2.35. The van der Waals surface area contributed by atoms with Crippen LogP contribution in [-0.2, 0) is 6.42 Å². The minimum absolute atomic E-state index is 0.222. The van der Waals surface area contributed by atoms with Gasteiger partial charge in [-0.15, -0.1) is 0 Å². The monoisotopic (exact) mass is 351 g/mol. The lowest BCUT2D eigenvalue weighted by molar-refractivity contribution is -0.422. The van der Waals surface area contributed by atoms with E-state index in [1.54, 1.807) is 4.58 Å². The number of benzene rings is 1. The molecule has 1 aromatic rings. The van der Waals surface area contributed by atoms with Gasteiger partial charge in [0.1, 0.15) is 7.05 Å². The average molecular weight is 352 g/mol. The van der Waals surface area contributed by atoms with Crippen molar-refractivity contribution in [3.8, 4) is 5.75 Å². The highest BCUT2D eigenvalue weighted by atomic mass is 35.5. The Balaban J connectivity index is 1.45. The molecule has 4 heterocycles. The molecule has 6 heteroatoms. The summed E-state index contributed by atoms with van der Waals surface area (Å²) in [5, 5.41) is 14.4. The van der Waals surface area contributed by atoms with Crippen molar-refractivity contribution >= 4 is 11.6 Å². The normalized spacial score (nSPS) is 28.7. The molecule has 2 bridgehead atoms. The van der Waals surface area contributed by atoms with E-state index in [1.165, 1.54) is 32.5 Å².